The van der Waals surface area contributed by atoms with Crippen molar-refractivity contribution < 1.29 is 19.9 Å². The number of nitrogens with zero attached hydrogens (tertiary/aromatic N) is 1. The lowest BCUT2D eigenvalue weighted by Gasteiger charge is -2.15. The third-order valence-electron chi connectivity index (χ3n) is 3.50. The molecule has 8 heteroatoms. The topological polar surface area (TPSA) is 81.3 Å². The third-order valence-corrected chi connectivity index (χ3v) is 4.88. The summed E-state index contributed by atoms with van der Waals surface area (Å²) in [6, 6.07) is 6.66. The van der Waals surface area contributed by atoms with E-state index in [9.17, 15) is 14.9 Å². The Morgan fingerprint density at radius 3 is 2.60 bits per heavy atom. The van der Waals surface area contributed by atoms with Crippen LogP contribution in [0.2, 0.25) is 5.02 Å². The van der Waals surface area contributed by atoms with Gasteiger partial charge in [0.1, 0.15) is 6.54 Å². The van der Waals surface area contributed by atoms with E-state index in [-0.39, 0.29) is 28.4 Å². The van der Waals surface area contributed by atoms with Crippen molar-refractivity contribution in [3.63, 3.8) is 0 Å². The molecular formula is C12H15BrClN3O3+2. The van der Waals surface area contributed by atoms with Crippen LogP contribution in [-0.2, 0) is 0 Å². The number of alkyl halides is 1. The fourth-order valence-electron chi connectivity index (χ4n) is 2.35. The molecule has 0 aliphatic carbocycles. The maximum absolute atomic E-state index is 12.2. The van der Waals surface area contributed by atoms with Crippen LogP contribution in [0.5, 0.6) is 0 Å². The molecule has 1 aliphatic rings. The molecule has 1 unspecified atom stereocenters. The summed E-state index contributed by atoms with van der Waals surface area (Å²) in [6.45, 7) is 2.09. The van der Waals surface area contributed by atoms with Gasteiger partial charge >= 0.3 is 6.17 Å². The van der Waals surface area contributed by atoms with Gasteiger partial charge in [-0.25, -0.2) is 5.32 Å². The number of ketones is 1. The molecule has 2 rings (SSSR count). The smallest absolute Gasteiger partial charge is 0.288 e. The van der Waals surface area contributed by atoms with Gasteiger partial charge in [0.05, 0.1) is 4.92 Å². The Morgan fingerprint density at radius 2 is 2.10 bits per heavy atom. The van der Waals surface area contributed by atoms with Crippen molar-refractivity contribution in [3.8, 4) is 0 Å². The molecular weight excluding hydrogens is 350 g/mol. The van der Waals surface area contributed by atoms with Crippen LogP contribution in [0.25, 0.3) is 0 Å². The maximum Gasteiger partial charge on any atom is 0.399 e. The van der Waals surface area contributed by atoms with Gasteiger partial charge in [-0.1, -0.05) is 11.6 Å². The summed E-state index contributed by atoms with van der Waals surface area (Å²) in [7, 11) is 0. The van der Waals surface area contributed by atoms with E-state index in [0.29, 0.717) is 10.6 Å². The number of halogens is 2. The summed E-state index contributed by atoms with van der Waals surface area (Å²) in [4.78, 5) is 23.3. The minimum Gasteiger partial charge on any atom is -0.288 e. The highest BCUT2D eigenvalue weighted by Crippen LogP contribution is 2.10. The number of benzene rings is 1. The van der Waals surface area contributed by atoms with Crippen LogP contribution < -0.4 is 10.2 Å². The number of rotatable bonds is 4. The van der Waals surface area contributed by atoms with Gasteiger partial charge in [0.2, 0.25) is 11.9 Å². The molecule has 0 saturated carbocycles. The van der Waals surface area contributed by atoms with E-state index in [2.05, 4.69) is 15.9 Å². The number of nitro groups is 1. The van der Waals surface area contributed by atoms with Crippen LogP contribution in [0.4, 0.5) is 0 Å². The largest absolute Gasteiger partial charge is 0.399 e. The highest BCUT2D eigenvalue weighted by Gasteiger charge is 2.52. The summed E-state index contributed by atoms with van der Waals surface area (Å²) < 4.78 is 0. The van der Waals surface area contributed by atoms with Crippen LogP contribution in [0.1, 0.15) is 17.3 Å². The Morgan fingerprint density at radius 1 is 1.50 bits per heavy atom. The highest BCUT2D eigenvalue weighted by molar-refractivity contribution is 9.09. The van der Waals surface area contributed by atoms with Crippen molar-refractivity contribution in [2.75, 3.05) is 6.54 Å². The lowest BCUT2D eigenvalue weighted by atomic mass is 10.1. The predicted molar refractivity (Wildman–Crippen MR) is 76.5 cm³/mol. The van der Waals surface area contributed by atoms with E-state index in [4.69, 9.17) is 11.6 Å². The minimum atomic E-state index is -0.766. The van der Waals surface area contributed by atoms with Gasteiger partial charge in [-0.2, -0.15) is 0 Å². The van der Waals surface area contributed by atoms with E-state index >= 15 is 0 Å². The fraction of sp³-hybridized carbons (Fsp3) is 0.417. The predicted octanol–water partition coefficient (Wildman–Crippen LogP) is -0.346. The minimum absolute atomic E-state index is 0.0500. The first-order chi connectivity index (χ1) is 9.40. The normalized spacial score (nSPS) is 29.4. The summed E-state index contributed by atoms with van der Waals surface area (Å²) in [5.74, 6) is -0.0506. The molecule has 6 nitrogen and oxygen atoms in total. The van der Waals surface area contributed by atoms with Crippen LogP contribution in [0.15, 0.2) is 24.3 Å². The molecule has 4 atom stereocenters. The van der Waals surface area contributed by atoms with Crippen LogP contribution in [0.3, 0.4) is 0 Å². The quantitative estimate of drug-likeness (QED) is 0.252. The van der Waals surface area contributed by atoms with Crippen LogP contribution in [-0.4, -0.2) is 34.5 Å². The molecule has 20 heavy (non-hydrogen) atoms. The van der Waals surface area contributed by atoms with E-state index in [0.717, 1.165) is 4.90 Å². The molecule has 0 amide bonds. The van der Waals surface area contributed by atoms with Gasteiger partial charge < -0.3 is 0 Å². The zero-order valence-electron chi connectivity index (χ0n) is 10.8. The second-order valence-corrected chi connectivity index (χ2v) is 6.26. The van der Waals surface area contributed by atoms with E-state index < -0.39 is 6.17 Å². The Kier molecular flexibility index (Phi) is 4.74. The van der Waals surface area contributed by atoms with Crippen molar-refractivity contribution in [3.05, 3.63) is 45.0 Å². The number of carbonyl (C=O) groups excluding carboxylic acids is 1. The summed E-state index contributed by atoms with van der Waals surface area (Å²) in [6.07, 6.45) is -0.816. The van der Waals surface area contributed by atoms with E-state index in [1.165, 1.54) is 0 Å². The molecule has 1 aromatic carbocycles. The molecule has 3 N–H and O–H groups in total. The van der Waals surface area contributed by atoms with Crippen molar-refractivity contribution in [1.82, 2.24) is 0 Å². The molecule has 108 valence electrons. The van der Waals surface area contributed by atoms with Crippen molar-refractivity contribution >= 4 is 33.3 Å². The number of hydrogen-bond acceptors (Lipinski definition) is 3. The van der Waals surface area contributed by atoms with E-state index in [1.54, 1.807) is 29.6 Å². The zero-order chi connectivity index (χ0) is 14.9. The van der Waals surface area contributed by atoms with Gasteiger partial charge in [-0.15, -0.1) is 0 Å². The summed E-state index contributed by atoms with van der Waals surface area (Å²) in [5, 5.41) is 13.2. The monoisotopic (exact) mass is 363 g/mol. The number of carbonyl (C=O) groups is 1. The summed E-state index contributed by atoms with van der Waals surface area (Å²) in [5.41, 5.74) is 0.568. The van der Waals surface area contributed by atoms with Gasteiger partial charge in [0.15, 0.2) is 0 Å². The Balaban J connectivity index is 2.07. The first-order valence-electron chi connectivity index (χ1n) is 6.17. The average Bonchev–Trinajstić information content (AvgIpc) is 2.67. The molecule has 1 heterocycles. The lowest BCUT2D eigenvalue weighted by Crippen LogP contribution is -3.22. The van der Waals surface area contributed by atoms with Crippen molar-refractivity contribution in [2.24, 2.45) is 0 Å². The molecule has 1 aromatic rings. The second-order valence-electron chi connectivity index (χ2n) is 4.84. The van der Waals surface area contributed by atoms with Crippen LogP contribution in [0, 0.1) is 10.1 Å². The number of quaternary nitrogens is 2. The first-order valence-corrected chi connectivity index (χ1v) is 7.46. The Labute approximate surface area is 129 Å². The number of nitrogens with two attached hydrogens (primary N) is 1. The van der Waals surface area contributed by atoms with Crippen molar-refractivity contribution in [2.45, 2.75) is 24.2 Å². The number of Topliss-reactive ketones (excluding diaryl/α,β-unsaturated/α-hetero) is 1. The third kappa shape index (κ3) is 3.17. The van der Waals surface area contributed by atoms with Crippen LogP contribution >= 0.6 is 27.5 Å². The molecule has 1 fully saturated rings. The first kappa shape index (κ1) is 15.4. The van der Waals surface area contributed by atoms with Gasteiger partial charge in [0, 0.05) is 17.5 Å². The second kappa shape index (κ2) is 6.17. The van der Waals surface area contributed by atoms with Gasteiger partial charge in [-0.3, -0.25) is 19.8 Å². The molecule has 0 spiro atoms. The molecule has 1 aliphatic heterocycles. The standard InChI is InChI=1S/C12H13BrClN3O3/c1-7-15-12(17(19)20)11(13)16(7)6-10(18)8-2-4-9(14)5-3-8/h2-5,7,11-12,15H,6H2,1H3/p+2/t7-,11+,12+/m0/s1. The Bertz CT molecular complexity index is 525. The van der Waals surface area contributed by atoms with Gasteiger partial charge in [-0.05, 0) is 40.2 Å². The molecule has 0 aromatic heterocycles. The lowest BCUT2D eigenvalue weighted by molar-refractivity contribution is -0.990. The molecule has 1 saturated heterocycles. The van der Waals surface area contributed by atoms with Gasteiger partial charge in [0.25, 0.3) is 4.95 Å². The maximum atomic E-state index is 12.2. The molecule has 0 bridgehead atoms. The van der Waals surface area contributed by atoms with Crippen molar-refractivity contribution in [1.29, 1.82) is 0 Å². The number of hydrogen-bond donors (Lipinski definition) is 2. The zero-order valence-corrected chi connectivity index (χ0v) is 13.1. The number of nitrogens with one attached hydrogen (secondary N) is 1. The summed E-state index contributed by atoms with van der Waals surface area (Å²) >= 11 is 9.12. The van der Waals surface area contributed by atoms with E-state index in [1.807, 2.05) is 6.92 Å². The average molecular weight is 365 g/mol. The SMILES string of the molecule is C[C@H]1[NH2+][C@H]([N+](=O)[O-])[C@H](Br)[NH+]1CC(=O)c1ccc(Cl)cc1. The molecule has 0 radical (unpaired) electrons. The highest BCUT2D eigenvalue weighted by atomic mass is 79.9. The Hall–Kier alpha value is -1.02. The fourth-order valence-corrected chi connectivity index (χ4v) is 3.42.